The number of aromatic nitrogens is 2. The monoisotopic (exact) mass is 374 g/mol. The largest absolute Gasteiger partial charge is 0.465 e. The number of hydrogen-bond donors (Lipinski definition) is 2. The van der Waals surface area contributed by atoms with Crippen molar-refractivity contribution in [3.8, 4) is 6.07 Å². The molecule has 7 nitrogen and oxygen atoms in total. The van der Waals surface area contributed by atoms with Gasteiger partial charge >= 0.3 is 6.09 Å². The van der Waals surface area contributed by atoms with Crippen LogP contribution in [-0.2, 0) is 18.0 Å². The fraction of sp³-hybridized carbons (Fsp3) is 0.583. The zero-order valence-electron chi connectivity index (χ0n) is 12.3. The highest BCUT2D eigenvalue weighted by Gasteiger charge is 2.17. The highest BCUT2D eigenvalue weighted by molar-refractivity contribution is 9.10. The smallest absolute Gasteiger partial charge is 0.404 e. The molecule has 116 valence electrons. The van der Waals surface area contributed by atoms with Gasteiger partial charge in [-0.2, -0.15) is 10.4 Å². The molecule has 0 aliphatic carbocycles. The van der Waals surface area contributed by atoms with Crippen molar-refractivity contribution >= 4 is 30.1 Å². The van der Waals surface area contributed by atoms with Gasteiger partial charge in [0.05, 0.1) is 16.7 Å². The minimum absolute atomic E-state index is 0.0342. The first-order chi connectivity index (χ1) is 9.74. The first-order valence-corrected chi connectivity index (χ1v) is 10.9. The molecule has 0 spiro atoms. The van der Waals surface area contributed by atoms with Crippen LogP contribution in [0.1, 0.15) is 11.4 Å². The molecule has 0 saturated carbocycles. The molecular weight excluding hydrogens is 356 g/mol. The molecule has 0 radical (unpaired) electrons. The second-order valence-electron chi connectivity index (χ2n) is 5.73. The average molecular weight is 375 g/mol. The minimum atomic E-state index is -1.15. The second-order valence-corrected chi connectivity index (χ2v) is 12.1. The predicted molar refractivity (Wildman–Crippen MR) is 83.6 cm³/mol. The third kappa shape index (κ3) is 5.87. The van der Waals surface area contributed by atoms with Crippen molar-refractivity contribution in [2.45, 2.75) is 39.0 Å². The van der Waals surface area contributed by atoms with Crippen LogP contribution in [0.4, 0.5) is 4.79 Å². The van der Waals surface area contributed by atoms with Gasteiger partial charge < -0.3 is 15.2 Å². The van der Waals surface area contributed by atoms with Gasteiger partial charge in [-0.3, -0.25) is 0 Å². The van der Waals surface area contributed by atoms with Crippen LogP contribution in [0.15, 0.2) is 4.47 Å². The number of nitrogens with zero attached hydrogens (tertiary/aromatic N) is 3. The van der Waals surface area contributed by atoms with E-state index in [1.54, 1.807) is 0 Å². The molecule has 9 heteroatoms. The molecule has 0 aromatic carbocycles. The molecule has 0 aliphatic rings. The van der Waals surface area contributed by atoms with Gasteiger partial charge in [0, 0.05) is 14.7 Å². The lowest BCUT2D eigenvalue weighted by molar-refractivity contribution is 0.0776. The van der Waals surface area contributed by atoms with E-state index < -0.39 is 14.2 Å². The van der Waals surface area contributed by atoms with Gasteiger partial charge in [-0.15, -0.1) is 0 Å². The zero-order chi connectivity index (χ0) is 16.0. The lowest BCUT2D eigenvalue weighted by atomic mass is 10.3. The first-order valence-electron chi connectivity index (χ1n) is 6.44. The van der Waals surface area contributed by atoms with Gasteiger partial charge in [-0.05, 0) is 22.0 Å². The van der Waals surface area contributed by atoms with Crippen LogP contribution < -0.4 is 5.32 Å². The Morgan fingerprint density at radius 3 is 2.76 bits per heavy atom. The van der Waals surface area contributed by atoms with E-state index in [0.717, 1.165) is 6.04 Å². The van der Waals surface area contributed by atoms with E-state index in [9.17, 15) is 4.79 Å². The Hall–Kier alpha value is -1.37. The van der Waals surface area contributed by atoms with E-state index in [1.807, 2.05) is 6.07 Å². The molecule has 21 heavy (non-hydrogen) atoms. The Kier molecular flexibility index (Phi) is 6.38. The summed E-state index contributed by atoms with van der Waals surface area (Å²) in [6, 6.07) is 3.07. The second kappa shape index (κ2) is 7.58. The van der Waals surface area contributed by atoms with Crippen molar-refractivity contribution in [3.63, 3.8) is 0 Å². The van der Waals surface area contributed by atoms with Crippen LogP contribution in [0.5, 0.6) is 0 Å². The molecule has 1 amide bonds. The number of hydrogen-bond acceptors (Lipinski definition) is 4. The molecule has 0 unspecified atom stereocenters. The lowest BCUT2D eigenvalue weighted by Gasteiger charge is -2.15. The van der Waals surface area contributed by atoms with Crippen molar-refractivity contribution in [1.82, 2.24) is 15.1 Å². The molecule has 0 bridgehead atoms. The van der Waals surface area contributed by atoms with E-state index in [0.29, 0.717) is 22.5 Å². The molecule has 0 saturated heterocycles. The predicted octanol–water partition coefficient (Wildman–Crippen LogP) is 2.60. The maximum absolute atomic E-state index is 10.5. The summed E-state index contributed by atoms with van der Waals surface area (Å²) in [6.45, 7) is 7.62. The quantitative estimate of drug-likeness (QED) is 0.564. The normalized spacial score (nSPS) is 11.2. The van der Waals surface area contributed by atoms with E-state index in [1.165, 1.54) is 4.68 Å². The zero-order valence-corrected chi connectivity index (χ0v) is 14.9. The van der Waals surface area contributed by atoms with Gasteiger partial charge in [0.25, 0.3) is 0 Å². The molecule has 1 heterocycles. The number of halogens is 1. The van der Waals surface area contributed by atoms with Gasteiger partial charge in [0.2, 0.25) is 0 Å². The van der Waals surface area contributed by atoms with Crippen molar-refractivity contribution < 1.29 is 14.6 Å². The van der Waals surface area contributed by atoms with Crippen LogP contribution in [0, 0.1) is 11.3 Å². The van der Waals surface area contributed by atoms with E-state index in [-0.39, 0.29) is 13.3 Å². The van der Waals surface area contributed by atoms with Crippen molar-refractivity contribution in [2.24, 2.45) is 0 Å². The standard InChI is InChI=1S/C12H19BrN4O3Si/c1-21(2,3)5-4-20-8-17-10(6-14)11(13)9(16-17)7-15-12(18)19/h15H,4-5,7-8H2,1-3H3,(H,18,19). The van der Waals surface area contributed by atoms with Crippen molar-refractivity contribution in [3.05, 3.63) is 15.9 Å². The van der Waals surface area contributed by atoms with Crippen molar-refractivity contribution in [1.29, 1.82) is 5.26 Å². The SMILES string of the molecule is C[Si](C)(C)CCOCn1nc(CNC(=O)O)c(Br)c1C#N. The summed E-state index contributed by atoms with van der Waals surface area (Å²) in [5, 5.41) is 24.2. The molecular formula is C12H19BrN4O3Si. The number of nitrogens with one attached hydrogen (secondary N) is 1. The number of rotatable bonds is 7. The van der Waals surface area contributed by atoms with E-state index in [4.69, 9.17) is 15.1 Å². The minimum Gasteiger partial charge on any atom is -0.465 e. The summed E-state index contributed by atoms with van der Waals surface area (Å²) < 4.78 is 7.49. The highest BCUT2D eigenvalue weighted by Crippen LogP contribution is 2.21. The molecule has 0 aliphatic heterocycles. The number of carbonyl (C=O) groups is 1. The first kappa shape index (κ1) is 17.7. The number of nitriles is 1. The highest BCUT2D eigenvalue weighted by atomic mass is 79.9. The average Bonchev–Trinajstić information content (AvgIpc) is 2.67. The maximum Gasteiger partial charge on any atom is 0.404 e. The number of amides is 1. The van der Waals surface area contributed by atoms with Crippen LogP contribution in [0.2, 0.25) is 25.7 Å². The summed E-state index contributed by atoms with van der Waals surface area (Å²) in [6.07, 6.45) is -1.14. The fourth-order valence-electron chi connectivity index (χ4n) is 1.49. The van der Waals surface area contributed by atoms with Crippen LogP contribution >= 0.6 is 15.9 Å². The molecule has 1 rings (SSSR count). The third-order valence-electron chi connectivity index (χ3n) is 2.68. The van der Waals surface area contributed by atoms with Gasteiger partial charge in [-0.1, -0.05) is 19.6 Å². The number of ether oxygens (including phenoxy) is 1. The van der Waals surface area contributed by atoms with Crippen LogP contribution in [0.25, 0.3) is 0 Å². The summed E-state index contributed by atoms with van der Waals surface area (Å²) in [5.41, 5.74) is 0.785. The third-order valence-corrected chi connectivity index (χ3v) is 5.22. The van der Waals surface area contributed by atoms with Gasteiger partial charge in [-0.25, -0.2) is 9.48 Å². The lowest BCUT2D eigenvalue weighted by Crippen LogP contribution is -2.22. The molecule has 0 fully saturated rings. The summed E-state index contributed by atoms with van der Waals surface area (Å²) >= 11 is 3.27. The fourth-order valence-corrected chi connectivity index (χ4v) is 2.76. The Morgan fingerprint density at radius 1 is 1.57 bits per heavy atom. The summed E-state index contributed by atoms with van der Waals surface area (Å²) in [7, 11) is -1.15. The van der Waals surface area contributed by atoms with E-state index in [2.05, 4.69) is 46.0 Å². The number of carboxylic acid groups (broad SMARTS) is 1. The molecule has 2 N–H and O–H groups in total. The topological polar surface area (TPSA) is 100 Å². The Labute approximate surface area is 133 Å². The van der Waals surface area contributed by atoms with Crippen LogP contribution in [0.3, 0.4) is 0 Å². The van der Waals surface area contributed by atoms with Crippen LogP contribution in [-0.4, -0.2) is 35.7 Å². The Bertz CT molecular complexity index is 548. The Balaban J connectivity index is 2.67. The maximum atomic E-state index is 10.5. The summed E-state index contributed by atoms with van der Waals surface area (Å²) in [5.74, 6) is 0. The van der Waals surface area contributed by atoms with Gasteiger partial charge in [0.15, 0.2) is 5.69 Å². The molecule has 0 atom stereocenters. The molecule has 1 aromatic heterocycles. The summed E-state index contributed by atoms with van der Waals surface area (Å²) in [4.78, 5) is 10.5. The molecule has 1 aromatic rings. The Morgan fingerprint density at radius 2 is 2.24 bits per heavy atom. The van der Waals surface area contributed by atoms with E-state index >= 15 is 0 Å². The van der Waals surface area contributed by atoms with Crippen molar-refractivity contribution in [2.75, 3.05) is 6.61 Å². The van der Waals surface area contributed by atoms with Gasteiger partial charge in [0.1, 0.15) is 12.8 Å².